The smallest absolute Gasteiger partial charge is 0.336 e. The van der Waals surface area contributed by atoms with Gasteiger partial charge < -0.3 is 14.4 Å². The Balaban J connectivity index is 4.21. The van der Waals surface area contributed by atoms with Crippen LogP contribution < -0.4 is 5.32 Å². The van der Waals surface area contributed by atoms with Gasteiger partial charge in [-0.05, 0) is 13.8 Å². The summed E-state index contributed by atoms with van der Waals surface area (Å²) in [6.45, 7) is 3.94. The lowest BCUT2D eigenvalue weighted by molar-refractivity contribution is 0.201. The topological polar surface area (TPSA) is 97.3 Å². The number of hydrogen-bond donors (Lipinski definition) is 1. The van der Waals surface area contributed by atoms with E-state index in [1.165, 1.54) is 0 Å². The van der Waals surface area contributed by atoms with Crippen molar-refractivity contribution in [2.24, 2.45) is 5.29 Å². The third-order valence-corrected chi connectivity index (χ3v) is 4.19. The fourth-order valence-corrected chi connectivity index (χ4v) is 2.88. The maximum atomic E-state index is 12.0. The highest BCUT2D eigenvalue weighted by Crippen LogP contribution is 2.47. The van der Waals surface area contributed by atoms with Crippen LogP contribution in [0.25, 0.3) is 0 Å². The maximum absolute atomic E-state index is 12.0. The van der Waals surface area contributed by atoms with Crippen LogP contribution in [0.5, 0.6) is 0 Å². The van der Waals surface area contributed by atoms with E-state index < -0.39 is 13.6 Å². The first-order chi connectivity index (χ1) is 9.02. The van der Waals surface area contributed by atoms with Crippen LogP contribution >= 0.6 is 19.2 Å². The van der Waals surface area contributed by atoms with Gasteiger partial charge in [-0.25, -0.2) is 4.79 Å². The highest BCUT2D eigenvalue weighted by molar-refractivity contribution is 7.53. The summed E-state index contributed by atoms with van der Waals surface area (Å²) in [5.74, 6) is 0.0928. The number of urea groups is 1. The van der Waals surface area contributed by atoms with Gasteiger partial charge >= 0.3 is 13.6 Å². The van der Waals surface area contributed by atoms with E-state index in [1.54, 1.807) is 13.8 Å². The first-order valence-corrected chi connectivity index (χ1v) is 8.12. The SMILES string of the molecule is CCOP(=O)(CCNC(=O)N(CCCl)N=O)OCC. The first-order valence-electron chi connectivity index (χ1n) is 5.85. The van der Waals surface area contributed by atoms with Crippen LogP contribution in [0.3, 0.4) is 0 Å². The molecule has 0 unspecified atom stereocenters. The zero-order chi connectivity index (χ0) is 14.7. The summed E-state index contributed by atoms with van der Waals surface area (Å²) in [6, 6.07) is -0.699. The van der Waals surface area contributed by atoms with Gasteiger partial charge in [0.2, 0.25) is 0 Å². The number of carbonyl (C=O) groups excluding carboxylic acids is 1. The van der Waals surface area contributed by atoms with E-state index >= 15 is 0 Å². The maximum Gasteiger partial charge on any atom is 0.340 e. The molecule has 0 spiro atoms. The number of alkyl halides is 1. The second-order valence-electron chi connectivity index (χ2n) is 3.30. The Morgan fingerprint density at radius 2 is 1.95 bits per heavy atom. The molecule has 19 heavy (non-hydrogen) atoms. The molecule has 0 aliphatic rings. The summed E-state index contributed by atoms with van der Waals surface area (Å²) in [5, 5.41) is 5.57. The molecule has 8 nitrogen and oxygen atoms in total. The van der Waals surface area contributed by atoms with Gasteiger partial charge in [-0.2, -0.15) is 5.01 Å². The molecule has 112 valence electrons. The highest BCUT2D eigenvalue weighted by atomic mass is 35.5. The molecule has 10 heteroatoms. The van der Waals surface area contributed by atoms with Crippen LogP contribution in [-0.2, 0) is 13.6 Å². The van der Waals surface area contributed by atoms with E-state index in [4.69, 9.17) is 20.6 Å². The average Bonchev–Trinajstić information content (AvgIpc) is 2.36. The van der Waals surface area contributed by atoms with Crippen molar-refractivity contribution in [3.63, 3.8) is 0 Å². The molecule has 1 N–H and O–H groups in total. The van der Waals surface area contributed by atoms with Crippen molar-refractivity contribution in [2.75, 3.05) is 38.3 Å². The number of nitrogens with one attached hydrogen (secondary N) is 1. The average molecular weight is 316 g/mol. The largest absolute Gasteiger partial charge is 0.340 e. The van der Waals surface area contributed by atoms with Crippen molar-refractivity contribution >= 4 is 25.2 Å². The van der Waals surface area contributed by atoms with E-state index in [2.05, 4.69) is 10.6 Å². The van der Waals surface area contributed by atoms with Crippen molar-refractivity contribution in [1.29, 1.82) is 0 Å². The predicted molar refractivity (Wildman–Crippen MR) is 72.3 cm³/mol. The fourth-order valence-electron chi connectivity index (χ4n) is 1.21. The van der Waals surface area contributed by atoms with Crippen LogP contribution in [0.2, 0.25) is 0 Å². The lowest BCUT2D eigenvalue weighted by Gasteiger charge is -2.18. The first kappa shape index (κ1) is 18.3. The Kier molecular flexibility index (Phi) is 9.77. The molecular formula is C9H19ClN3O5P. The third kappa shape index (κ3) is 7.47. The molecule has 0 aromatic rings. The van der Waals surface area contributed by atoms with E-state index in [-0.39, 0.29) is 38.3 Å². The molecule has 0 aromatic heterocycles. The Labute approximate surface area is 117 Å². The molecule has 0 heterocycles. The Morgan fingerprint density at radius 1 is 1.37 bits per heavy atom. The molecule has 0 atom stereocenters. The molecule has 0 fully saturated rings. The number of carbonyl (C=O) groups is 1. The molecule has 0 aromatic carbocycles. The number of hydrogen-bond acceptors (Lipinski definition) is 6. The van der Waals surface area contributed by atoms with E-state index in [9.17, 15) is 14.3 Å². The van der Waals surface area contributed by atoms with Gasteiger partial charge in [-0.1, -0.05) is 0 Å². The Bertz CT molecular complexity index is 321. The highest BCUT2D eigenvalue weighted by Gasteiger charge is 2.23. The second kappa shape index (κ2) is 10.1. The molecule has 0 saturated heterocycles. The predicted octanol–water partition coefficient (Wildman–Crippen LogP) is 2.18. The number of halogens is 1. The number of nitroso groups, excluding NO2 is 1. The Hall–Kier alpha value is -0.690. The minimum absolute atomic E-state index is 0.00543. The lowest BCUT2D eigenvalue weighted by atomic mass is 10.6. The van der Waals surface area contributed by atoms with Crippen LogP contribution in [0.1, 0.15) is 13.8 Å². The van der Waals surface area contributed by atoms with E-state index in [1.807, 2.05) is 0 Å². The van der Waals surface area contributed by atoms with Crippen molar-refractivity contribution < 1.29 is 18.4 Å². The van der Waals surface area contributed by atoms with Gasteiger partial charge in [0, 0.05) is 12.4 Å². The van der Waals surface area contributed by atoms with Gasteiger partial charge in [-0.15, -0.1) is 16.5 Å². The second-order valence-corrected chi connectivity index (χ2v) is 5.86. The van der Waals surface area contributed by atoms with Crippen molar-refractivity contribution in [2.45, 2.75) is 13.8 Å². The number of amides is 2. The minimum Gasteiger partial charge on any atom is -0.336 e. The fraction of sp³-hybridized carbons (Fsp3) is 0.889. The van der Waals surface area contributed by atoms with Crippen LogP contribution in [-0.4, -0.2) is 49.4 Å². The standard InChI is InChI=1S/C9H19ClN3O5P/c1-3-17-19(16,18-4-2)8-6-11-9(14)13(12-15)7-5-10/h3-8H2,1-2H3,(H,11,14). The molecule has 0 rings (SSSR count). The zero-order valence-electron chi connectivity index (χ0n) is 11.0. The molecule has 0 radical (unpaired) electrons. The molecule has 0 saturated carbocycles. The van der Waals surface area contributed by atoms with Gasteiger partial charge in [0.25, 0.3) is 0 Å². The minimum atomic E-state index is -3.20. The summed E-state index contributed by atoms with van der Waals surface area (Å²) in [7, 11) is -3.20. The van der Waals surface area contributed by atoms with Crippen LogP contribution in [0, 0.1) is 4.91 Å². The van der Waals surface area contributed by atoms with E-state index in [0.717, 1.165) is 0 Å². The van der Waals surface area contributed by atoms with Crippen LogP contribution in [0.15, 0.2) is 5.29 Å². The van der Waals surface area contributed by atoms with Crippen LogP contribution in [0.4, 0.5) is 4.79 Å². The van der Waals surface area contributed by atoms with Gasteiger partial charge in [0.05, 0.1) is 31.2 Å². The van der Waals surface area contributed by atoms with Gasteiger partial charge in [0.15, 0.2) is 0 Å². The molecule has 0 bridgehead atoms. The molecule has 0 aliphatic heterocycles. The summed E-state index contributed by atoms with van der Waals surface area (Å²) in [4.78, 5) is 21.8. The van der Waals surface area contributed by atoms with Crippen molar-refractivity contribution in [1.82, 2.24) is 10.3 Å². The number of nitrogens with zero attached hydrogens (tertiary/aromatic N) is 2. The van der Waals surface area contributed by atoms with Crippen molar-refractivity contribution in [3.05, 3.63) is 4.91 Å². The van der Waals surface area contributed by atoms with E-state index in [0.29, 0.717) is 5.01 Å². The summed E-state index contributed by atoms with van der Waals surface area (Å²) >= 11 is 5.40. The third-order valence-electron chi connectivity index (χ3n) is 1.94. The molecule has 0 aliphatic carbocycles. The summed E-state index contributed by atoms with van der Waals surface area (Å²) in [5.41, 5.74) is 0. The van der Waals surface area contributed by atoms with Gasteiger partial charge in [0.1, 0.15) is 0 Å². The summed E-state index contributed by atoms with van der Waals surface area (Å²) < 4.78 is 22.1. The number of rotatable bonds is 10. The Morgan fingerprint density at radius 3 is 2.37 bits per heavy atom. The quantitative estimate of drug-likeness (QED) is 0.288. The molecular weight excluding hydrogens is 297 g/mol. The monoisotopic (exact) mass is 315 g/mol. The zero-order valence-corrected chi connectivity index (χ0v) is 12.7. The molecule has 2 amide bonds. The lowest BCUT2D eigenvalue weighted by Crippen LogP contribution is -2.38. The van der Waals surface area contributed by atoms with Gasteiger partial charge in [-0.3, -0.25) is 4.57 Å². The normalized spacial score (nSPS) is 11.1. The summed E-state index contributed by atoms with van der Waals surface area (Å²) in [6.07, 6.45) is 0.0218. The van der Waals surface area contributed by atoms with Crippen molar-refractivity contribution in [3.8, 4) is 0 Å².